The van der Waals surface area contributed by atoms with Crippen LogP contribution in [0, 0.1) is 0 Å². The molecule has 0 atom stereocenters. The summed E-state index contributed by atoms with van der Waals surface area (Å²) in [7, 11) is 0. The number of aromatic nitrogens is 4. The first-order valence-electron chi connectivity index (χ1n) is 3.10. The quantitative estimate of drug-likeness (QED) is 0.648. The van der Waals surface area contributed by atoms with Crippen LogP contribution in [0.4, 0.5) is 0 Å². The van der Waals surface area contributed by atoms with Crippen molar-refractivity contribution in [1.29, 1.82) is 0 Å². The van der Waals surface area contributed by atoms with Gasteiger partial charge in [-0.3, -0.25) is 5.10 Å². The minimum atomic E-state index is 0.339. The zero-order valence-electron chi connectivity index (χ0n) is 5.89. The highest BCUT2D eigenvalue weighted by Gasteiger charge is 2.06. The van der Waals surface area contributed by atoms with Crippen LogP contribution in [0.15, 0.2) is 12.4 Å². The number of H-pyrrole nitrogens is 1. The van der Waals surface area contributed by atoms with Gasteiger partial charge in [0.05, 0.1) is 11.8 Å². The molecule has 0 spiro atoms. The lowest BCUT2D eigenvalue weighted by Crippen LogP contribution is -2.00. The average molecular weight is 183 g/mol. The van der Waals surface area contributed by atoms with Gasteiger partial charge in [0, 0.05) is 17.7 Å². The Morgan fingerprint density at radius 2 is 2.50 bits per heavy atom. The van der Waals surface area contributed by atoms with Crippen LogP contribution in [0.25, 0.3) is 11.4 Å². The van der Waals surface area contributed by atoms with Crippen molar-refractivity contribution in [2.24, 2.45) is 5.90 Å². The lowest BCUT2D eigenvalue weighted by Gasteiger charge is -1.85. The van der Waals surface area contributed by atoms with Gasteiger partial charge >= 0.3 is 5.19 Å². The zero-order valence-corrected chi connectivity index (χ0v) is 6.71. The topological polar surface area (TPSA) is 89.7 Å². The van der Waals surface area contributed by atoms with E-state index in [1.165, 1.54) is 0 Å². The van der Waals surface area contributed by atoms with Gasteiger partial charge in [-0.15, -0.1) is 0 Å². The second-order valence-electron chi connectivity index (χ2n) is 1.99. The summed E-state index contributed by atoms with van der Waals surface area (Å²) in [6.07, 6.45) is 3.32. The molecule has 0 aromatic carbocycles. The van der Waals surface area contributed by atoms with Gasteiger partial charge in [-0.05, 0) is 0 Å². The molecule has 0 saturated heterocycles. The van der Waals surface area contributed by atoms with Crippen molar-refractivity contribution in [2.45, 2.75) is 0 Å². The van der Waals surface area contributed by atoms with E-state index >= 15 is 0 Å². The Bertz CT molecular complexity index is 356. The van der Waals surface area contributed by atoms with Crippen LogP contribution in [0.1, 0.15) is 0 Å². The number of hydrogen-bond acceptors (Lipinski definition) is 6. The monoisotopic (exact) mass is 183 g/mol. The molecule has 0 aliphatic carbocycles. The van der Waals surface area contributed by atoms with Crippen molar-refractivity contribution in [3.63, 3.8) is 0 Å². The molecule has 0 aliphatic rings. The number of rotatable bonds is 2. The predicted octanol–water partition coefficient (Wildman–Crippen LogP) is 0.181. The average Bonchev–Trinajstić information content (AvgIpc) is 2.75. The molecule has 7 heteroatoms. The van der Waals surface area contributed by atoms with Crippen molar-refractivity contribution in [2.75, 3.05) is 0 Å². The van der Waals surface area contributed by atoms with Gasteiger partial charge in [0.2, 0.25) is 0 Å². The normalized spacial score (nSPS) is 10.1. The minimum absolute atomic E-state index is 0.339. The Morgan fingerprint density at radius 1 is 1.58 bits per heavy atom. The second-order valence-corrected chi connectivity index (χ2v) is 2.70. The summed E-state index contributed by atoms with van der Waals surface area (Å²) in [6.45, 7) is 0. The molecule has 2 aromatic heterocycles. The molecule has 3 N–H and O–H groups in total. The van der Waals surface area contributed by atoms with E-state index < -0.39 is 0 Å². The molecule has 0 bridgehead atoms. The van der Waals surface area contributed by atoms with Gasteiger partial charge in [-0.2, -0.15) is 20.4 Å². The highest BCUT2D eigenvalue weighted by Crippen LogP contribution is 2.20. The lowest BCUT2D eigenvalue weighted by atomic mass is 10.3. The SMILES string of the molecule is NOc1nc(-c2cn[nH]c2)ns1. The summed E-state index contributed by atoms with van der Waals surface area (Å²) in [5.74, 6) is 5.47. The largest absolute Gasteiger partial charge is 0.378 e. The number of aromatic amines is 1. The van der Waals surface area contributed by atoms with Crippen LogP contribution in [-0.4, -0.2) is 19.6 Å². The zero-order chi connectivity index (χ0) is 8.39. The molecule has 0 aliphatic heterocycles. The number of hydrogen-bond donors (Lipinski definition) is 2. The predicted molar refractivity (Wildman–Crippen MR) is 42.3 cm³/mol. The molecule has 2 aromatic rings. The molecular weight excluding hydrogens is 178 g/mol. The Kier molecular flexibility index (Phi) is 1.72. The van der Waals surface area contributed by atoms with Crippen molar-refractivity contribution in [3.8, 4) is 16.6 Å². The first-order valence-corrected chi connectivity index (χ1v) is 3.87. The van der Waals surface area contributed by atoms with E-state index in [1.54, 1.807) is 12.4 Å². The van der Waals surface area contributed by atoms with Crippen molar-refractivity contribution in [1.82, 2.24) is 19.6 Å². The Hall–Kier alpha value is -1.47. The third kappa shape index (κ3) is 1.15. The molecule has 0 saturated carbocycles. The van der Waals surface area contributed by atoms with Crippen LogP contribution in [-0.2, 0) is 0 Å². The first-order chi connectivity index (χ1) is 5.90. The van der Waals surface area contributed by atoms with Crippen LogP contribution in [0.2, 0.25) is 0 Å². The molecule has 12 heavy (non-hydrogen) atoms. The second kappa shape index (κ2) is 2.88. The molecule has 2 rings (SSSR count). The van der Waals surface area contributed by atoms with Crippen molar-refractivity contribution in [3.05, 3.63) is 12.4 Å². The van der Waals surface area contributed by atoms with Gasteiger partial charge in [0.15, 0.2) is 5.82 Å². The fourth-order valence-electron chi connectivity index (χ4n) is 0.748. The molecule has 6 nitrogen and oxygen atoms in total. The molecular formula is C5H5N5OS. The van der Waals surface area contributed by atoms with E-state index in [-0.39, 0.29) is 0 Å². The molecule has 0 radical (unpaired) electrons. The van der Waals surface area contributed by atoms with Gasteiger partial charge in [-0.1, -0.05) is 0 Å². The van der Waals surface area contributed by atoms with E-state index in [0.717, 1.165) is 17.1 Å². The maximum absolute atomic E-state index is 4.90. The lowest BCUT2D eigenvalue weighted by molar-refractivity contribution is 0.333. The number of nitrogens with zero attached hydrogens (tertiary/aromatic N) is 3. The summed E-state index contributed by atoms with van der Waals surface area (Å²) < 4.78 is 4.00. The van der Waals surface area contributed by atoms with Crippen molar-refractivity contribution >= 4 is 11.5 Å². The van der Waals surface area contributed by atoms with Crippen LogP contribution >= 0.6 is 11.5 Å². The molecule has 0 amide bonds. The van der Waals surface area contributed by atoms with Crippen LogP contribution < -0.4 is 10.7 Å². The first kappa shape index (κ1) is 7.19. The minimum Gasteiger partial charge on any atom is -0.378 e. The summed E-state index contributed by atoms with van der Waals surface area (Å²) in [5, 5.41) is 6.76. The molecule has 62 valence electrons. The van der Waals surface area contributed by atoms with Gasteiger partial charge < -0.3 is 4.84 Å². The molecule has 2 heterocycles. The van der Waals surface area contributed by atoms with E-state index in [2.05, 4.69) is 24.4 Å². The van der Waals surface area contributed by atoms with E-state index in [9.17, 15) is 0 Å². The third-order valence-corrected chi connectivity index (χ3v) is 1.87. The molecule has 0 fully saturated rings. The Balaban J connectivity index is 2.35. The Labute approximate surface area is 71.5 Å². The third-order valence-electron chi connectivity index (χ3n) is 1.26. The maximum atomic E-state index is 4.90. The van der Waals surface area contributed by atoms with E-state index in [4.69, 9.17) is 5.90 Å². The fraction of sp³-hybridized carbons (Fsp3) is 0. The van der Waals surface area contributed by atoms with Gasteiger partial charge in [0.1, 0.15) is 0 Å². The summed E-state index contributed by atoms with van der Waals surface area (Å²) in [4.78, 5) is 8.38. The fourth-order valence-corrected chi connectivity index (χ4v) is 1.23. The van der Waals surface area contributed by atoms with Crippen molar-refractivity contribution < 1.29 is 4.84 Å². The van der Waals surface area contributed by atoms with Crippen LogP contribution in [0.3, 0.4) is 0 Å². The molecule has 0 unspecified atom stereocenters. The van der Waals surface area contributed by atoms with Gasteiger partial charge in [0.25, 0.3) is 0 Å². The smallest absolute Gasteiger partial charge is 0.313 e. The number of nitrogens with two attached hydrogens (primary N) is 1. The summed E-state index contributed by atoms with van der Waals surface area (Å²) in [6, 6.07) is 0. The summed E-state index contributed by atoms with van der Waals surface area (Å²) in [5.41, 5.74) is 0.814. The maximum Gasteiger partial charge on any atom is 0.313 e. The standard InChI is InChI=1S/C5H5N5OS/c6-11-5-9-4(10-12-5)3-1-7-8-2-3/h1-2H,6H2,(H,7,8). The highest BCUT2D eigenvalue weighted by atomic mass is 32.1. The number of nitrogens with one attached hydrogen (secondary N) is 1. The van der Waals surface area contributed by atoms with E-state index in [1.807, 2.05) is 0 Å². The van der Waals surface area contributed by atoms with Crippen LogP contribution in [0.5, 0.6) is 5.19 Å². The highest BCUT2D eigenvalue weighted by molar-refractivity contribution is 7.07. The Morgan fingerprint density at radius 3 is 3.08 bits per heavy atom. The summed E-state index contributed by atoms with van der Waals surface area (Å²) >= 11 is 1.10. The van der Waals surface area contributed by atoms with E-state index in [0.29, 0.717) is 11.0 Å². The van der Waals surface area contributed by atoms with Gasteiger partial charge in [-0.25, -0.2) is 0 Å².